The molecule has 1 aliphatic rings. The number of para-hydroxylation sites is 1. The number of nitrogens with zero attached hydrogens (tertiary/aromatic N) is 6. The van der Waals surface area contributed by atoms with Gasteiger partial charge in [0.25, 0.3) is 5.91 Å². The van der Waals surface area contributed by atoms with Gasteiger partial charge in [0.15, 0.2) is 5.82 Å². The van der Waals surface area contributed by atoms with Crippen LogP contribution < -0.4 is 4.74 Å². The summed E-state index contributed by atoms with van der Waals surface area (Å²) in [6.07, 6.45) is 7.66. The van der Waals surface area contributed by atoms with E-state index in [1.54, 1.807) is 24.7 Å². The van der Waals surface area contributed by atoms with Gasteiger partial charge in [0.2, 0.25) is 0 Å². The highest BCUT2D eigenvalue weighted by atomic mass is 127. The van der Waals surface area contributed by atoms with E-state index >= 15 is 0 Å². The Labute approximate surface area is 226 Å². The van der Waals surface area contributed by atoms with E-state index in [1.165, 1.54) is 0 Å². The smallest absolute Gasteiger partial charge is 0.255 e. The van der Waals surface area contributed by atoms with Gasteiger partial charge in [-0.2, -0.15) is 0 Å². The molecule has 0 radical (unpaired) electrons. The molecule has 5 heterocycles. The molecule has 6 rings (SSSR count). The topological polar surface area (TPSA) is 94.0 Å². The van der Waals surface area contributed by atoms with Crippen molar-refractivity contribution in [3.8, 4) is 17.1 Å². The number of hydrogen-bond donors (Lipinski definition) is 0. The first-order valence-corrected chi connectivity index (χ1v) is 12.9. The van der Waals surface area contributed by atoms with Crippen LogP contribution >= 0.6 is 22.6 Å². The molecule has 9 heteroatoms. The van der Waals surface area contributed by atoms with Crippen LogP contribution in [0.5, 0.6) is 5.75 Å². The molecule has 182 valence electrons. The van der Waals surface area contributed by atoms with Gasteiger partial charge >= 0.3 is 0 Å². The number of fused-ring (bicyclic) bond motifs is 2. The van der Waals surface area contributed by atoms with E-state index in [9.17, 15) is 4.79 Å². The summed E-state index contributed by atoms with van der Waals surface area (Å²) in [7, 11) is 0. The largest absolute Gasteiger partial charge is 0.486 e. The van der Waals surface area contributed by atoms with Crippen molar-refractivity contribution in [2.75, 3.05) is 6.54 Å². The van der Waals surface area contributed by atoms with Crippen LogP contribution in [0.4, 0.5) is 0 Å². The zero-order chi connectivity index (χ0) is 25.2. The first kappa shape index (κ1) is 23.4. The van der Waals surface area contributed by atoms with Gasteiger partial charge in [-0.3, -0.25) is 14.8 Å². The third-order valence-electron chi connectivity index (χ3n) is 6.24. The number of rotatable bonds is 5. The van der Waals surface area contributed by atoms with Gasteiger partial charge in [0, 0.05) is 36.1 Å². The van der Waals surface area contributed by atoms with Gasteiger partial charge in [0.1, 0.15) is 16.1 Å². The maximum atomic E-state index is 13.2. The Kier molecular flexibility index (Phi) is 6.44. The molecule has 1 amide bonds. The fourth-order valence-corrected chi connectivity index (χ4v) is 4.55. The average Bonchev–Trinajstić information content (AvgIpc) is 2.96. The number of carbonyl (C=O) groups is 1. The molecule has 1 aliphatic heterocycles. The number of amides is 1. The summed E-state index contributed by atoms with van der Waals surface area (Å²) in [5, 5.41) is 1.04. The Morgan fingerprint density at radius 1 is 0.946 bits per heavy atom. The lowest BCUT2D eigenvalue weighted by Gasteiger charge is -2.28. The first-order valence-electron chi connectivity index (χ1n) is 11.8. The molecular formula is C28H21IN6O2. The Hall–Kier alpha value is -3.99. The molecule has 1 aromatic carbocycles. The van der Waals surface area contributed by atoms with Gasteiger partial charge in [-0.1, -0.05) is 18.2 Å². The van der Waals surface area contributed by atoms with Crippen LogP contribution in [0.3, 0.4) is 0 Å². The number of carbonyl (C=O) groups excluding carboxylic acids is 1. The maximum absolute atomic E-state index is 13.2. The van der Waals surface area contributed by atoms with Gasteiger partial charge in [-0.05, 0) is 71.0 Å². The molecule has 5 aromatic rings. The SMILES string of the molecule is O=C(c1ccc(COc2ccc(I)nc2)nc1)N1CCc2cnc(-c3cnc4ccccc4c3)nc2C1. The van der Waals surface area contributed by atoms with E-state index in [2.05, 4.69) is 42.5 Å². The predicted octanol–water partition coefficient (Wildman–Crippen LogP) is 4.86. The van der Waals surface area contributed by atoms with E-state index in [4.69, 9.17) is 9.72 Å². The van der Waals surface area contributed by atoms with Gasteiger partial charge < -0.3 is 9.64 Å². The molecular weight excluding hydrogens is 579 g/mol. The third kappa shape index (κ3) is 5.12. The van der Waals surface area contributed by atoms with Crippen molar-refractivity contribution in [1.82, 2.24) is 29.8 Å². The Bertz CT molecular complexity index is 1590. The van der Waals surface area contributed by atoms with Crippen LogP contribution in [-0.2, 0) is 19.6 Å². The van der Waals surface area contributed by atoms with E-state index in [-0.39, 0.29) is 5.91 Å². The minimum Gasteiger partial charge on any atom is -0.486 e. The van der Waals surface area contributed by atoms with Crippen LogP contribution in [0.25, 0.3) is 22.3 Å². The summed E-state index contributed by atoms with van der Waals surface area (Å²) in [6.45, 7) is 1.34. The van der Waals surface area contributed by atoms with Crippen molar-refractivity contribution < 1.29 is 9.53 Å². The minimum absolute atomic E-state index is 0.0695. The molecule has 37 heavy (non-hydrogen) atoms. The molecule has 0 fully saturated rings. The summed E-state index contributed by atoms with van der Waals surface area (Å²) >= 11 is 2.15. The highest BCUT2D eigenvalue weighted by Crippen LogP contribution is 2.24. The molecule has 0 bridgehead atoms. The second-order valence-corrected chi connectivity index (χ2v) is 9.81. The molecule has 0 atom stereocenters. The van der Waals surface area contributed by atoms with Gasteiger partial charge in [-0.25, -0.2) is 15.0 Å². The minimum atomic E-state index is -0.0695. The standard InChI is InChI=1S/C28H21IN6O2/c29-26-8-7-23(15-32-26)37-17-22-6-5-20(13-30-22)28(36)35-10-9-19-12-33-27(34-25(19)16-35)21-11-18-3-1-2-4-24(18)31-14-21/h1-8,11-15H,9-10,16-17H2. The van der Waals surface area contributed by atoms with E-state index in [0.717, 1.165) is 37.1 Å². The highest BCUT2D eigenvalue weighted by Gasteiger charge is 2.24. The van der Waals surface area contributed by atoms with E-state index < -0.39 is 0 Å². The Morgan fingerprint density at radius 2 is 1.86 bits per heavy atom. The Morgan fingerprint density at radius 3 is 2.70 bits per heavy atom. The average molecular weight is 600 g/mol. The molecule has 8 nitrogen and oxygen atoms in total. The highest BCUT2D eigenvalue weighted by molar-refractivity contribution is 14.1. The lowest BCUT2D eigenvalue weighted by molar-refractivity contribution is 0.0731. The summed E-state index contributed by atoms with van der Waals surface area (Å²) in [6, 6.07) is 17.4. The number of aromatic nitrogens is 5. The summed E-state index contributed by atoms with van der Waals surface area (Å²) in [5.74, 6) is 1.22. The van der Waals surface area contributed by atoms with E-state index in [0.29, 0.717) is 43.3 Å². The van der Waals surface area contributed by atoms with Crippen molar-refractivity contribution >= 4 is 39.4 Å². The van der Waals surface area contributed by atoms with Crippen LogP contribution in [0.15, 0.2) is 79.4 Å². The molecule has 0 saturated carbocycles. The van der Waals surface area contributed by atoms with E-state index in [1.807, 2.05) is 59.6 Å². The van der Waals surface area contributed by atoms with Crippen molar-refractivity contribution in [1.29, 1.82) is 0 Å². The van der Waals surface area contributed by atoms with Crippen LogP contribution in [0, 0.1) is 3.70 Å². The quantitative estimate of drug-likeness (QED) is 0.210. The monoisotopic (exact) mass is 600 g/mol. The molecule has 0 saturated heterocycles. The number of pyridine rings is 3. The van der Waals surface area contributed by atoms with Crippen molar-refractivity contribution in [2.45, 2.75) is 19.6 Å². The van der Waals surface area contributed by atoms with Gasteiger partial charge in [0.05, 0.1) is 35.2 Å². The zero-order valence-corrected chi connectivity index (χ0v) is 21.9. The number of ether oxygens (including phenoxy) is 1. The third-order valence-corrected chi connectivity index (χ3v) is 6.88. The molecule has 0 N–H and O–H groups in total. The number of halogens is 1. The maximum Gasteiger partial charge on any atom is 0.255 e. The number of hydrogen-bond acceptors (Lipinski definition) is 7. The number of benzene rings is 1. The molecule has 0 spiro atoms. The van der Waals surface area contributed by atoms with Crippen molar-refractivity contribution in [2.24, 2.45) is 0 Å². The van der Waals surface area contributed by atoms with Crippen molar-refractivity contribution in [3.63, 3.8) is 0 Å². The fourth-order valence-electron chi connectivity index (χ4n) is 4.23. The molecule has 4 aromatic heterocycles. The molecule has 0 unspecified atom stereocenters. The summed E-state index contributed by atoms with van der Waals surface area (Å²) < 4.78 is 6.63. The van der Waals surface area contributed by atoms with Crippen LogP contribution in [0.2, 0.25) is 0 Å². The lowest BCUT2D eigenvalue weighted by Crippen LogP contribution is -2.36. The predicted molar refractivity (Wildman–Crippen MR) is 147 cm³/mol. The van der Waals surface area contributed by atoms with Crippen LogP contribution in [0.1, 0.15) is 27.3 Å². The van der Waals surface area contributed by atoms with Crippen molar-refractivity contribution in [3.05, 3.63) is 106 Å². The first-order chi connectivity index (χ1) is 18.1. The van der Waals surface area contributed by atoms with Crippen LogP contribution in [-0.4, -0.2) is 42.3 Å². The van der Waals surface area contributed by atoms with Gasteiger partial charge in [-0.15, -0.1) is 0 Å². The second-order valence-electron chi connectivity index (χ2n) is 8.70. The Balaban J connectivity index is 1.15. The zero-order valence-electron chi connectivity index (χ0n) is 19.7. The second kappa shape index (κ2) is 10.2. The normalized spacial score (nSPS) is 12.8. The fraction of sp³-hybridized carbons (Fsp3) is 0.143. The summed E-state index contributed by atoms with van der Waals surface area (Å²) in [4.78, 5) is 37.6. The lowest BCUT2D eigenvalue weighted by atomic mass is 10.1. The summed E-state index contributed by atoms with van der Waals surface area (Å²) in [5.41, 5.74) is 4.99. The molecule has 0 aliphatic carbocycles.